The first-order chi connectivity index (χ1) is 16.2. The second kappa shape index (κ2) is 9.66. The van der Waals surface area contributed by atoms with Crippen LogP contribution < -0.4 is 5.73 Å². The Morgan fingerprint density at radius 1 is 1.09 bits per heavy atom. The third-order valence-electron chi connectivity index (χ3n) is 6.15. The Kier molecular flexibility index (Phi) is 6.84. The summed E-state index contributed by atoms with van der Waals surface area (Å²) in [5, 5.41) is 10.6. The van der Waals surface area contributed by atoms with Gasteiger partial charge in [0.15, 0.2) is 0 Å². The first kappa shape index (κ1) is 24.1. The maximum Gasteiger partial charge on any atom is 0.255 e. The molecule has 8 nitrogen and oxygen atoms in total. The predicted octanol–water partition coefficient (Wildman–Crippen LogP) is 3.49. The Labute approximate surface area is 204 Å². The highest BCUT2D eigenvalue weighted by atomic mass is 35.5. The number of hydrogen-bond acceptors (Lipinski definition) is 7. The lowest BCUT2D eigenvalue weighted by atomic mass is 9.97. The molecule has 0 spiro atoms. The molecular weight excluding hydrogens is 452 g/mol. The highest BCUT2D eigenvalue weighted by molar-refractivity contribution is 6.34. The van der Waals surface area contributed by atoms with Crippen molar-refractivity contribution in [2.45, 2.75) is 32.9 Å². The molecule has 0 bridgehead atoms. The van der Waals surface area contributed by atoms with Crippen molar-refractivity contribution in [1.29, 1.82) is 0 Å². The Hall–Kier alpha value is -3.07. The first-order valence-corrected chi connectivity index (χ1v) is 11.7. The van der Waals surface area contributed by atoms with Gasteiger partial charge >= 0.3 is 0 Å². The molecule has 4 rings (SSSR count). The number of benzene rings is 1. The first-order valence-electron chi connectivity index (χ1n) is 11.3. The Morgan fingerprint density at radius 2 is 1.79 bits per heavy atom. The number of pyridine rings is 1. The molecule has 1 fully saturated rings. The van der Waals surface area contributed by atoms with Crippen LogP contribution in [0.25, 0.3) is 22.4 Å². The molecule has 0 saturated carbocycles. The summed E-state index contributed by atoms with van der Waals surface area (Å²) in [6.45, 7) is 7.81. The van der Waals surface area contributed by atoms with Gasteiger partial charge < -0.3 is 15.7 Å². The highest BCUT2D eigenvalue weighted by Gasteiger charge is 2.30. The number of carbonyl (C=O) groups excluding carboxylic acids is 1. The lowest BCUT2D eigenvalue weighted by Gasteiger charge is -2.41. The summed E-state index contributed by atoms with van der Waals surface area (Å²) in [4.78, 5) is 30.1. The van der Waals surface area contributed by atoms with Crippen LogP contribution in [0.1, 0.15) is 36.8 Å². The highest BCUT2D eigenvalue weighted by Crippen LogP contribution is 2.34. The van der Waals surface area contributed by atoms with Crippen molar-refractivity contribution in [3.63, 3.8) is 0 Å². The molecule has 3 heterocycles. The number of rotatable bonds is 5. The van der Waals surface area contributed by atoms with E-state index in [0.29, 0.717) is 42.6 Å². The fraction of sp³-hybridized carbons (Fsp3) is 0.360. The summed E-state index contributed by atoms with van der Waals surface area (Å²) in [6, 6.07) is 9.04. The van der Waals surface area contributed by atoms with Gasteiger partial charge in [0.2, 0.25) is 0 Å². The van der Waals surface area contributed by atoms with Crippen LogP contribution >= 0.6 is 11.6 Å². The minimum absolute atomic E-state index is 0.119. The van der Waals surface area contributed by atoms with Gasteiger partial charge in [0.05, 0.1) is 22.0 Å². The zero-order valence-electron chi connectivity index (χ0n) is 19.6. The predicted molar refractivity (Wildman–Crippen MR) is 133 cm³/mol. The summed E-state index contributed by atoms with van der Waals surface area (Å²) < 4.78 is 0. The average molecular weight is 481 g/mol. The van der Waals surface area contributed by atoms with Crippen LogP contribution in [0.15, 0.2) is 42.9 Å². The molecule has 0 aliphatic carbocycles. The van der Waals surface area contributed by atoms with Crippen molar-refractivity contribution in [2.24, 2.45) is 0 Å². The van der Waals surface area contributed by atoms with Crippen molar-refractivity contribution in [3.05, 3.63) is 59.1 Å². The SMILES string of the molecule is CCc1ncnc(-c2ccc(C(=O)N3CCN(C(C)(C)O)CC3)c(Cl)c2)c1-c1ccc(N)nc1. The molecule has 0 atom stereocenters. The maximum atomic E-state index is 13.2. The summed E-state index contributed by atoms with van der Waals surface area (Å²) in [7, 11) is 0. The number of nitrogen functional groups attached to an aromatic ring is 1. The summed E-state index contributed by atoms with van der Waals surface area (Å²) in [5.41, 5.74) is 9.44. The van der Waals surface area contributed by atoms with E-state index in [1.807, 2.05) is 24.0 Å². The van der Waals surface area contributed by atoms with Gasteiger partial charge in [-0.25, -0.2) is 15.0 Å². The molecule has 1 saturated heterocycles. The van der Waals surface area contributed by atoms with Crippen LogP contribution in [0.5, 0.6) is 0 Å². The Bertz CT molecular complexity index is 1190. The van der Waals surface area contributed by atoms with E-state index in [-0.39, 0.29) is 5.91 Å². The normalized spacial score (nSPS) is 14.9. The van der Waals surface area contributed by atoms with Crippen molar-refractivity contribution in [3.8, 4) is 22.4 Å². The second-order valence-electron chi connectivity index (χ2n) is 8.84. The molecule has 1 aromatic carbocycles. The monoisotopic (exact) mass is 480 g/mol. The molecule has 1 amide bonds. The minimum atomic E-state index is -0.902. The number of halogens is 1. The summed E-state index contributed by atoms with van der Waals surface area (Å²) in [6.07, 6.45) is 3.97. The number of aryl methyl sites for hydroxylation is 1. The van der Waals surface area contributed by atoms with Crippen LogP contribution in [-0.2, 0) is 6.42 Å². The van der Waals surface area contributed by atoms with E-state index in [2.05, 4.69) is 15.0 Å². The molecule has 3 N–H and O–H groups in total. The van der Waals surface area contributed by atoms with Crippen LogP contribution in [0.2, 0.25) is 5.02 Å². The number of hydrogen-bond donors (Lipinski definition) is 2. The number of aliphatic hydroxyl groups is 1. The topological polar surface area (TPSA) is 108 Å². The molecular formula is C25H29ClN6O2. The van der Waals surface area contributed by atoms with Gasteiger partial charge in [0.25, 0.3) is 5.91 Å². The number of nitrogens with zero attached hydrogens (tertiary/aromatic N) is 5. The molecule has 1 aliphatic rings. The third kappa shape index (κ3) is 4.89. The fourth-order valence-electron chi connectivity index (χ4n) is 4.23. The van der Waals surface area contributed by atoms with E-state index in [9.17, 15) is 9.90 Å². The van der Waals surface area contributed by atoms with Crippen LogP contribution in [0.3, 0.4) is 0 Å². The van der Waals surface area contributed by atoms with Gasteiger partial charge in [-0.2, -0.15) is 0 Å². The fourth-order valence-corrected chi connectivity index (χ4v) is 4.49. The average Bonchev–Trinajstić information content (AvgIpc) is 2.83. The number of aromatic nitrogens is 3. The van der Waals surface area contributed by atoms with Crippen molar-refractivity contribution < 1.29 is 9.90 Å². The Morgan fingerprint density at radius 3 is 2.38 bits per heavy atom. The molecule has 2 aromatic heterocycles. The molecule has 1 aliphatic heterocycles. The molecule has 3 aromatic rings. The van der Waals surface area contributed by atoms with Crippen molar-refractivity contribution in [1.82, 2.24) is 24.8 Å². The molecule has 178 valence electrons. The second-order valence-corrected chi connectivity index (χ2v) is 9.24. The lowest BCUT2D eigenvalue weighted by Crippen LogP contribution is -2.55. The van der Waals surface area contributed by atoms with Gasteiger partial charge in [-0.05, 0) is 44.5 Å². The van der Waals surface area contributed by atoms with E-state index in [0.717, 1.165) is 34.5 Å². The van der Waals surface area contributed by atoms with E-state index in [1.165, 1.54) is 6.33 Å². The smallest absolute Gasteiger partial charge is 0.255 e. The standard InChI is InChI=1S/C25H29ClN6O2/c1-4-20-22(17-6-8-21(27)28-14-17)23(30-15-29-20)16-5-7-18(19(26)13-16)24(33)31-9-11-32(12-10-31)25(2,3)34/h5-8,13-15,34H,4,9-12H2,1-3H3,(H2,27,28). The summed E-state index contributed by atoms with van der Waals surface area (Å²) in [5.74, 6) is 0.321. The van der Waals surface area contributed by atoms with Crippen LogP contribution in [0.4, 0.5) is 5.82 Å². The van der Waals surface area contributed by atoms with E-state index in [1.54, 1.807) is 43.1 Å². The summed E-state index contributed by atoms with van der Waals surface area (Å²) >= 11 is 6.62. The third-order valence-corrected chi connectivity index (χ3v) is 6.46. The number of piperazine rings is 1. The zero-order valence-corrected chi connectivity index (χ0v) is 20.4. The lowest BCUT2D eigenvalue weighted by molar-refractivity contribution is -0.0930. The molecule has 0 radical (unpaired) electrons. The molecule has 34 heavy (non-hydrogen) atoms. The quantitative estimate of drug-likeness (QED) is 0.575. The van der Waals surface area contributed by atoms with Gasteiger partial charge in [0, 0.05) is 49.1 Å². The van der Waals surface area contributed by atoms with Gasteiger partial charge in [-0.3, -0.25) is 9.69 Å². The Balaban J connectivity index is 1.63. The largest absolute Gasteiger partial charge is 0.384 e. The van der Waals surface area contributed by atoms with Gasteiger partial charge in [-0.15, -0.1) is 0 Å². The van der Waals surface area contributed by atoms with Crippen molar-refractivity contribution >= 4 is 23.3 Å². The van der Waals surface area contributed by atoms with Gasteiger partial charge in [0.1, 0.15) is 17.9 Å². The zero-order chi connectivity index (χ0) is 24.5. The van der Waals surface area contributed by atoms with E-state index < -0.39 is 5.72 Å². The van der Waals surface area contributed by atoms with Crippen molar-refractivity contribution in [2.75, 3.05) is 31.9 Å². The van der Waals surface area contributed by atoms with E-state index >= 15 is 0 Å². The minimum Gasteiger partial charge on any atom is -0.384 e. The number of carbonyl (C=O) groups is 1. The van der Waals surface area contributed by atoms with Gasteiger partial charge in [-0.1, -0.05) is 24.6 Å². The molecule has 9 heteroatoms. The van der Waals surface area contributed by atoms with E-state index in [4.69, 9.17) is 17.3 Å². The van der Waals surface area contributed by atoms with Crippen LogP contribution in [0, 0.1) is 0 Å². The van der Waals surface area contributed by atoms with Crippen LogP contribution in [-0.4, -0.2) is 67.7 Å². The number of nitrogens with two attached hydrogens (primary N) is 1. The number of amides is 1. The number of anilines is 1. The maximum absolute atomic E-state index is 13.2. The molecule has 0 unspecified atom stereocenters.